The molecule has 0 unspecified atom stereocenters. The van der Waals surface area contributed by atoms with Crippen LogP contribution in [0.1, 0.15) is 12.8 Å². The average Bonchev–Trinajstić information content (AvgIpc) is 2.48. The fourth-order valence-electron chi connectivity index (χ4n) is 2.20. The Balaban J connectivity index is 2.39. The largest absolute Gasteiger partial charge is 0.481 e. The monoisotopic (exact) mass is 282 g/mol. The van der Waals surface area contributed by atoms with Gasteiger partial charge in [0.15, 0.2) is 0 Å². The molecule has 0 fully saturated rings. The standard InChI is InChI=1S/C13H15ClN2O3/c1-15-11(17)5-7-16(8-6-12(18)19)10-4-2-3-9(14)13(10)15/h2-4H,5-8H2,1H3,(H,18,19). The van der Waals surface area contributed by atoms with Gasteiger partial charge in [0.2, 0.25) is 5.91 Å². The topological polar surface area (TPSA) is 60.9 Å². The van der Waals surface area contributed by atoms with Gasteiger partial charge in [-0.3, -0.25) is 9.59 Å². The van der Waals surface area contributed by atoms with Gasteiger partial charge in [-0.2, -0.15) is 0 Å². The molecule has 2 rings (SSSR count). The number of carbonyl (C=O) groups excluding carboxylic acids is 1. The summed E-state index contributed by atoms with van der Waals surface area (Å²) in [6.45, 7) is 0.869. The average molecular weight is 283 g/mol. The Hall–Kier alpha value is -1.75. The van der Waals surface area contributed by atoms with Gasteiger partial charge in [0.1, 0.15) is 0 Å². The molecule has 0 aliphatic carbocycles. The highest BCUT2D eigenvalue weighted by Gasteiger charge is 2.25. The summed E-state index contributed by atoms with van der Waals surface area (Å²) in [6, 6.07) is 5.39. The SMILES string of the molecule is CN1C(=O)CCN(CCC(=O)O)c2cccc(Cl)c21. The number of hydrogen-bond acceptors (Lipinski definition) is 3. The number of carbonyl (C=O) groups is 2. The second kappa shape index (κ2) is 5.48. The predicted octanol–water partition coefficient (Wildman–Crippen LogP) is 1.99. The summed E-state index contributed by atoms with van der Waals surface area (Å²) in [7, 11) is 1.69. The Morgan fingerprint density at radius 1 is 1.47 bits per heavy atom. The molecule has 0 spiro atoms. The number of rotatable bonds is 3. The molecule has 102 valence electrons. The molecule has 0 bridgehead atoms. The molecule has 6 heteroatoms. The fourth-order valence-corrected chi connectivity index (χ4v) is 2.49. The first-order valence-electron chi connectivity index (χ1n) is 6.02. The van der Waals surface area contributed by atoms with Gasteiger partial charge in [-0.1, -0.05) is 17.7 Å². The first-order valence-corrected chi connectivity index (χ1v) is 6.40. The Bertz CT molecular complexity index is 519. The minimum atomic E-state index is -0.854. The lowest BCUT2D eigenvalue weighted by atomic mass is 10.2. The maximum absolute atomic E-state index is 11.9. The smallest absolute Gasteiger partial charge is 0.305 e. The molecule has 0 aromatic heterocycles. The first kappa shape index (κ1) is 13.7. The number of benzene rings is 1. The summed E-state index contributed by atoms with van der Waals surface area (Å²) in [5.74, 6) is -0.875. The lowest BCUT2D eigenvalue weighted by molar-refractivity contribution is -0.136. The van der Waals surface area contributed by atoms with Crippen LogP contribution in [0.15, 0.2) is 18.2 Å². The Morgan fingerprint density at radius 2 is 2.21 bits per heavy atom. The zero-order valence-corrected chi connectivity index (χ0v) is 11.4. The van der Waals surface area contributed by atoms with Crippen molar-refractivity contribution in [2.75, 3.05) is 29.9 Å². The molecule has 0 saturated heterocycles. The van der Waals surface area contributed by atoms with Crippen molar-refractivity contribution >= 4 is 34.9 Å². The molecular weight excluding hydrogens is 268 g/mol. The lowest BCUT2D eigenvalue weighted by Gasteiger charge is -2.25. The highest BCUT2D eigenvalue weighted by molar-refractivity contribution is 6.34. The van der Waals surface area contributed by atoms with Crippen molar-refractivity contribution in [3.8, 4) is 0 Å². The molecule has 0 atom stereocenters. The van der Waals surface area contributed by atoms with Gasteiger partial charge in [0, 0.05) is 26.6 Å². The van der Waals surface area contributed by atoms with E-state index in [-0.39, 0.29) is 12.3 Å². The third-order valence-electron chi connectivity index (χ3n) is 3.21. The van der Waals surface area contributed by atoms with Crippen molar-refractivity contribution < 1.29 is 14.7 Å². The Morgan fingerprint density at radius 3 is 2.89 bits per heavy atom. The zero-order chi connectivity index (χ0) is 14.0. The summed E-state index contributed by atoms with van der Waals surface area (Å²) < 4.78 is 0. The van der Waals surface area contributed by atoms with E-state index in [1.165, 1.54) is 0 Å². The van der Waals surface area contributed by atoms with E-state index in [0.717, 1.165) is 5.69 Å². The normalized spacial score (nSPS) is 15.2. The zero-order valence-electron chi connectivity index (χ0n) is 10.6. The van der Waals surface area contributed by atoms with Crippen molar-refractivity contribution in [3.63, 3.8) is 0 Å². The number of carboxylic acids is 1. The van der Waals surface area contributed by atoms with Crippen LogP contribution >= 0.6 is 11.6 Å². The third-order valence-corrected chi connectivity index (χ3v) is 3.51. The number of fused-ring (bicyclic) bond motifs is 1. The first-order chi connectivity index (χ1) is 9.00. The second-order valence-corrected chi connectivity index (χ2v) is 4.85. The van der Waals surface area contributed by atoms with Gasteiger partial charge in [0.05, 0.1) is 22.8 Å². The molecular formula is C13H15ClN2O3. The Labute approximate surface area is 116 Å². The van der Waals surface area contributed by atoms with Gasteiger partial charge in [-0.15, -0.1) is 0 Å². The van der Waals surface area contributed by atoms with E-state index >= 15 is 0 Å². The fraction of sp³-hybridized carbons (Fsp3) is 0.385. The number of anilines is 2. The summed E-state index contributed by atoms with van der Waals surface area (Å²) in [6.07, 6.45) is 0.380. The minimum absolute atomic E-state index is 0.0211. The predicted molar refractivity (Wildman–Crippen MR) is 73.9 cm³/mol. The molecule has 0 radical (unpaired) electrons. The van der Waals surface area contributed by atoms with Crippen molar-refractivity contribution in [2.45, 2.75) is 12.8 Å². The van der Waals surface area contributed by atoms with Crippen LogP contribution in [0.3, 0.4) is 0 Å². The quantitative estimate of drug-likeness (QED) is 0.921. The second-order valence-electron chi connectivity index (χ2n) is 4.44. The van der Waals surface area contributed by atoms with Gasteiger partial charge in [0.25, 0.3) is 0 Å². The molecule has 1 aromatic rings. The highest BCUT2D eigenvalue weighted by atomic mass is 35.5. The van der Waals surface area contributed by atoms with Crippen molar-refractivity contribution in [1.82, 2.24) is 0 Å². The van der Waals surface area contributed by atoms with E-state index in [4.69, 9.17) is 16.7 Å². The number of carboxylic acid groups (broad SMARTS) is 1. The van der Waals surface area contributed by atoms with Gasteiger partial charge in [-0.05, 0) is 12.1 Å². The van der Waals surface area contributed by atoms with Gasteiger partial charge in [-0.25, -0.2) is 0 Å². The van der Waals surface area contributed by atoms with E-state index in [9.17, 15) is 9.59 Å². The van der Waals surface area contributed by atoms with Crippen LogP contribution in [0.4, 0.5) is 11.4 Å². The lowest BCUT2D eigenvalue weighted by Crippen LogP contribution is -2.27. The Kier molecular flexibility index (Phi) is 3.95. The van der Waals surface area contributed by atoms with Gasteiger partial charge >= 0.3 is 5.97 Å². The summed E-state index contributed by atoms with van der Waals surface area (Å²) in [5.41, 5.74) is 1.46. The molecule has 1 aliphatic rings. The molecule has 1 aromatic carbocycles. The van der Waals surface area contributed by atoms with E-state index in [1.54, 1.807) is 24.1 Å². The minimum Gasteiger partial charge on any atom is -0.481 e. The third kappa shape index (κ3) is 2.81. The molecule has 5 nitrogen and oxygen atoms in total. The van der Waals surface area contributed by atoms with Crippen LogP contribution in [-0.2, 0) is 9.59 Å². The molecule has 1 amide bonds. The van der Waals surface area contributed by atoms with E-state index in [0.29, 0.717) is 30.2 Å². The number of amides is 1. The van der Waals surface area contributed by atoms with Crippen LogP contribution in [0.2, 0.25) is 5.02 Å². The van der Waals surface area contributed by atoms with Crippen LogP contribution in [0.5, 0.6) is 0 Å². The number of para-hydroxylation sites is 1. The van der Waals surface area contributed by atoms with E-state index in [1.807, 2.05) is 11.0 Å². The van der Waals surface area contributed by atoms with Crippen LogP contribution in [-0.4, -0.2) is 37.1 Å². The molecule has 1 N–H and O–H groups in total. The maximum atomic E-state index is 11.9. The highest BCUT2D eigenvalue weighted by Crippen LogP contribution is 2.37. The molecule has 1 heterocycles. The molecule has 1 aliphatic heterocycles. The van der Waals surface area contributed by atoms with Crippen molar-refractivity contribution in [3.05, 3.63) is 23.2 Å². The van der Waals surface area contributed by atoms with Crippen LogP contribution in [0, 0.1) is 0 Å². The maximum Gasteiger partial charge on any atom is 0.305 e. The molecule has 19 heavy (non-hydrogen) atoms. The van der Waals surface area contributed by atoms with E-state index in [2.05, 4.69) is 0 Å². The summed E-state index contributed by atoms with van der Waals surface area (Å²) in [5, 5.41) is 9.29. The van der Waals surface area contributed by atoms with Crippen molar-refractivity contribution in [1.29, 1.82) is 0 Å². The summed E-state index contributed by atoms with van der Waals surface area (Å²) >= 11 is 6.17. The van der Waals surface area contributed by atoms with Crippen LogP contribution < -0.4 is 9.80 Å². The molecule has 0 saturated carbocycles. The van der Waals surface area contributed by atoms with Crippen molar-refractivity contribution in [2.24, 2.45) is 0 Å². The van der Waals surface area contributed by atoms with Gasteiger partial charge < -0.3 is 14.9 Å². The number of hydrogen-bond donors (Lipinski definition) is 1. The number of halogens is 1. The summed E-state index contributed by atoms with van der Waals surface area (Å²) in [4.78, 5) is 26.1. The van der Waals surface area contributed by atoms with E-state index < -0.39 is 5.97 Å². The number of aliphatic carboxylic acids is 1. The van der Waals surface area contributed by atoms with Crippen LogP contribution in [0.25, 0.3) is 0 Å². The number of nitrogens with zero attached hydrogens (tertiary/aromatic N) is 2.